The normalized spacial score (nSPS) is 13.1. The first kappa shape index (κ1) is 29.4. The Morgan fingerprint density at radius 3 is 1.14 bits per heavy atom. The lowest BCUT2D eigenvalue weighted by Crippen LogP contribution is -2.62. The van der Waals surface area contributed by atoms with Gasteiger partial charge >= 0.3 is 13.7 Å². The monoisotopic (exact) mass is 626 g/mol. The van der Waals surface area contributed by atoms with E-state index in [1.54, 1.807) is 0 Å². The summed E-state index contributed by atoms with van der Waals surface area (Å²) in [6.45, 7) is 4.72. The molecule has 0 N–H and O–H groups in total. The highest BCUT2D eigenvalue weighted by Crippen LogP contribution is 2.48. The Labute approximate surface area is 290 Å². The second-order valence-corrected chi connectivity index (χ2v) is 13.4. The van der Waals surface area contributed by atoms with E-state index in [2.05, 4.69) is 199 Å². The predicted molar refractivity (Wildman–Crippen MR) is 211 cm³/mol. The molecule has 2 aliphatic rings. The van der Waals surface area contributed by atoms with E-state index in [0.717, 1.165) is 0 Å². The van der Waals surface area contributed by atoms with Gasteiger partial charge in [-0.05, 0) is 69.9 Å². The Morgan fingerprint density at radius 2 is 0.755 bits per heavy atom. The minimum absolute atomic E-state index is 0.0185. The average molecular weight is 626 g/mol. The van der Waals surface area contributed by atoms with Gasteiger partial charge in [0.2, 0.25) is 0 Å². The summed E-state index contributed by atoms with van der Waals surface area (Å²) in [6.07, 6.45) is 0. The number of anilines is 4. The van der Waals surface area contributed by atoms with Crippen LogP contribution in [0.4, 0.5) is 22.7 Å². The molecular weight excluding hydrogens is 590 g/mol. The van der Waals surface area contributed by atoms with Crippen LogP contribution >= 0.6 is 0 Å². The van der Waals surface area contributed by atoms with Crippen molar-refractivity contribution < 1.29 is 0 Å². The van der Waals surface area contributed by atoms with E-state index in [0.29, 0.717) is 0 Å². The quantitative estimate of drug-likeness (QED) is 0.177. The SMILES string of the molecule is CC(C)c1c2c(cc3c1-c1ccccc1N(c1ccccc1)B3c1ccccc1)B(c1ccccc1)N(c1ccccc1)c1ccccc1-2. The maximum Gasteiger partial charge on any atom is 0.328 e. The third kappa shape index (κ3) is 4.74. The lowest BCUT2D eigenvalue weighted by atomic mass is 9.40. The minimum atomic E-state index is -0.0185. The fourth-order valence-corrected chi connectivity index (χ4v) is 8.39. The fraction of sp³-hybridized carbons (Fsp3) is 0.0667. The first-order chi connectivity index (χ1) is 24.2. The van der Waals surface area contributed by atoms with Gasteiger partial charge in [0.05, 0.1) is 0 Å². The molecule has 0 bridgehead atoms. The Balaban J connectivity index is 1.44. The van der Waals surface area contributed by atoms with E-state index in [1.165, 1.54) is 72.4 Å². The summed E-state index contributed by atoms with van der Waals surface area (Å²) in [5.41, 5.74) is 16.9. The molecule has 2 aliphatic heterocycles. The zero-order valence-corrected chi connectivity index (χ0v) is 27.9. The molecule has 0 radical (unpaired) electrons. The van der Waals surface area contributed by atoms with Gasteiger partial charge in [-0.1, -0.05) is 164 Å². The Kier molecular flexibility index (Phi) is 7.24. The van der Waals surface area contributed by atoms with E-state index < -0.39 is 0 Å². The van der Waals surface area contributed by atoms with Crippen molar-refractivity contribution in [2.75, 3.05) is 9.62 Å². The van der Waals surface area contributed by atoms with Crippen molar-refractivity contribution in [2.24, 2.45) is 0 Å². The van der Waals surface area contributed by atoms with E-state index in [9.17, 15) is 0 Å². The second-order valence-electron chi connectivity index (χ2n) is 13.4. The van der Waals surface area contributed by atoms with Crippen LogP contribution in [0, 0.1) is 0 Å². The number of fused-ring (bicyclic) bond motifs is 6. The van der Waals surface area contributed by atoms with E-state index in [1.807, 2.05) is 0 Å². The topological polar surface area (TPSA) is 6.48 Å². The third-order valence-corrected chi connectivity index (χ3v) is 10.3. The van der Waals surface area contributed by atoms with Gasteiger partial charge in [-0.25, -0.2) is 0 Å². The molecule has 4 heteroatoms. The van der Waals surface area contributed by atoms with Gasteiger partial charge < -0.3 is 9.62 Å². The molecule has 0 saturated carbocycles. The maximum absolute atomic E-state index is 2.57. The molecular formula is C45H36B2N2. The molecule has 0 atom stereocenters. The Bertz CT molecular complexity index is 2110. The molecule has 0 aliphatic carbocycles. The van der Waals surface area contributed by atoms with Crippen LogP contribution in [0.25, 0.3) is 22.3 Å². The zero-order valence-electron chi connectivity index (χ0n) is 27.9. The minimum Gasteiger partial charge on any atom is -0.376 e. The predicted octanol–water partition coefficient (Wildman–Crippen LogP) is 8.66. The van der Waals surface area contributed by atoms with Gasteiger partial charge in [0.1, 0.15) is 0 Å². The summed E-state index contributed by atoms with van der Waals surface area (Å²) in [6, 6.07) is 64.7. The summed E-state index contributed by atoms with van der Waals surface area (Å²) in [5.74, 6) is 0.282. The summed E-state index contributed by atoms with van der Waals surface area (Å²) in [5, 5.41) is 0. The van der Waals surface area contributed by atoms with Crippen molar-refractivity contribution in [2.45, 2.75) is 19.8 Å². The molecule has 49 heavy (non-hydrogen) atoms. The zero-order chi connectivity index (χ0) is 32.9. The van der Waals surface area contributed by atoms with Crippen molar-refractivity contribution in [3.05, 3.63) is 181 Å². The molecule has 0 aromatic heterocycles. The number of rotatable bonds is 5. The molecule has 0 fully saturated rings. The van der Waals surface area contributed by atoms with Gasteiger partial charge in [0.15, 0.2) is 0 Å². The molecule has 9 rings (SSSR count). The third-order valence-electron chi connectivity index (χ3n) is 10.3. The highest BCUT2D eigenvalue weighted by Gasteiger charge is 2.44. The Hall–Kier alpha value is -5.73. The fourth-order valence-electron chi connectivity index (χ4n) is 8.39. The standard InChI is InChI=1S/C45H36B2N2/c1-32(2)43-44-37-27-15-17-29-41(37)48(35-23-11-5-12-24-35)46(33-19-7-3-8-20-33)39(44)31-40-45(43)38-28-16-18-30-42(38)49(36-25-13-6-14-26-36)47(40)34-21-9-4-10-22-34/h3-32H,1-2H3. The summed E-state index contributed by atoms with van der Waals surface area (Å²) < 4.78 is 0. The van der Waals surface area contributed by atoms with Gasteiger partial charge in [-0.15, -0.1) is 0 Å². The largest absolute Gasteiger partial charge is 0.376 e. The van der Waals surface area contributed by atoms with Crippen LogP contribution in [0.5, 0.6) is 0 Å². The van der Waals surface area contributed by atoms with E-state index in [4.69, 9.17) is 0 Å². The second kappa shape index (κ2) is 12.1. The summed E-state index contributed by atoms with van der Waals surface area (Å²) >= 11 is 0. The van der Waals surface area contributed by atoms with Crippen molar-refractivity contribution in [3.63, 3.8) is 0 Å². The number of hydrogen-bond donors (Lipinski definition) is 0. The van der Waals surface area contributed by atoms with Crippen LogP contribution < -0.4 is 31.5 Å². The molecule has 0 unspecified atom stereocenters. The first-order valence-corrected chi connectivity index (χ1v) is 17.4. The van der Waals surface area contributed by atoms with E-state index >= 15 is 0 Å². The number of nitrogens with zero attached hydrogens (tertiary/aromatic N) is 2. The van der Waals surface area contributed by atoms with Crippen molar-refractivity contribution in [1.29, 1.82) is 0 Å². The lowest BCUT2D eigenvalue weighted by Gasteiger charge is -2.44. The van der Waals surface area contributed by atoms with Crippen molar-refractivity contribution in [3.8, 4) is 22.3 Å². The highest BCUT2D eigenvalue weighted by molar-refractivity contribution is 6.94. The van der Waals surface area contributed by atoms with Crippen LogP contribution in [0.15, 0.2) is 176 Å². The summed E-state index contributed by atoms with van der Waals surface area (Å²) in [7, 11) is 0. The molecule has 232 valence electrons. The number of para-hydroxylation sites is 4. The molecule has 7 aromatic rings. The van der Waals surface area contributed by atoms with E-state index in [-0.39, 0.29) is 19.6 Å². The number of benzene rings is 7. The molecule has 0 amide bonds. The van der Waals surface area contributed by atoms with Crippen LogP contribution in [-0.2, 0) is 0 Å². The van der Waals surface area contributed by atoms with Crippen LogP contribution in [0.2, 0.25) is 0 Å². The molecule has 2 nitrogen and oxygen atoms in total. The average Bonchev–Trinajstić information content (AvgIpc) is 3.17. The van der Waals surface area contributed by atoms with Crippen LogP contribution in [-0.4, -0.2) is 13.7 Å². The van der Waals surface area contributed by atoms with Gasteiger partial charge in [-0.2, -0.15) is 0 Å². The maximum atomic E-state index is 2.57. The van der Waals surface area contributed by atoms with Crippen molar-refractivity contribution in [1.82, 2.24) is 0 Å². The Morgan fingerprint density at radius 1 is 0.408 bits per heavy atom. The molecule has 2 heterocycles. The van der Waals surface area contributed by atoms with Gasteiger partial charge in [-0.3, -0.25) is 0 Å². The van der Waals surface area contributed by atoms with Crippen LogP contribution in [0.3, 0.4) is 0 Å². The molecule has 0 spiro atoms. The lowest BCUT2D eigenvalue weighted by molar-refractivity contribution is 0.872. The highest BCUT2D eigenvalue weighted by atomic mass is 15.1. The van der Waals surface area contributed by atoms with Gasteiger partial charge in [0, 0.05) is 33.9 Å². The number of hydrogen-bond acceptors (Lipinski definition) is 2. The molecule has 0 saturated heterocycles. The first-order valence-electron chi connectivity index (χ1n) is 17.4. The van der Waals surface area contributed by atoms with Crippen molar-refractivity contribution >= 4 is 58.3 Å². The smallest absolute Gasteiger partial charge is 0.328 e. The summed E-state index contributed by atoms with van der Waals surface area (Å²) in [4.78, 5) is 5.12. The van der Waals surface area contributed by atoms with Crippen LogP contribution in [0.1, 0.15) is 25.3 Å². The van der Waals surface area contributed by atoms with Gasteiger partial charge in [0.25, 0.3) is 0 Å². The molecule has 7 aromatic carbocycles.